The zero-order valence-electron chi connectivity index (χ0n) is 17.7. The second kappa shape index (κ2) is 10.8. The second-order valence-corrected chi connectivity index (χ2v) is 7.35. The zero-order chi connectivity index (χ0) is 21.4. The monoisotopic (exact) mass is 415 g/mol. The van der Waals surface area contributed by atoms with E-state index in [1.807, 2.05) is 32.2 Å². The van der Waals surface area contributed by atoms with Crippen LogP contribution in [0.4, 0.5) is 5.69 Å². The highest BCUT2D eigenvalue weighted by Gasteiger charge is 2.12. The van der Waals surface area contributed by atoms with Crippen LogP contribution in [-0.4, -0.2) is 41.1 Å². The molecular formula is C21H29N5O2S. The highest BCUT2D eigenvalue weighted by atomic mass is 32.2. The molecule has 0 bridgehead atoms. The van der Waals surface area contributed by atoms with Gasteiger partial charge in [-0.1, -0.05) is 11.8 Å². The molecule has 1 heterocycles. The number of aromatic nitrogens is 2. The summed E-state index contributed by atoms with van der Waals surface area (Å²) in [6.45, 7) is 9.83. The van der Waals surface area contributed by atoms with E-state index in [9.17, 15) is 9.59 Å². The van der Waals surface area contributed by atoms with Crippen molar-refractivity contribution in [1.82, 2.24) is 20.8 Å². The molecule has 0 aliphatic rings. The van der Waals surface area contributed by atoms with Crippen molar-refractivity contribution >= 4 is 29.3 Å². The van der Waals surface area contributed by atoms with Crippen LogP contribution in [-0.2, 0) is 11.2 Å². The number of nitrogens with one attached hydrogen (secondary N) is 2. The van der Waals surface area contributed by atoms with Crippen molar-refractivity contribution in [2.24, 2.45) is 0 Å². The highest BCUT2D eigenvalue weighted by Crippen LogP contribution is 2.17. The summed E-state index contributed by atoms with van der Waals surface area (Å²) in [7, 11) is 0. The van der Waals surface area contributed by atoms with Gasteiger partial charge in [-0.3, -0.25) is 20.4 Å². The summed E-state index contributed by atoms with van der Waals surface area (Å²) in [4.78, 5) is 35.4. The molecule has 1 aromatic carbocycles. The summed E-state index contributed by atoms with van der Waals surface area (Å²) < 4.78 is 0. The van der Waals surface area contributed by atoms with Gasteiger partial charge in [0.1, 0.15) is 0 Å². The Labute approximate surface area is 176 Å². The molecule has 0 spiro atoms. The number of carbonyl (C=O) groups excluding carboxylic acids is 2. The Bertz CT molecular complexity index is 828. The van der Waals surface area contributed by atoms with E-state index in [1.165, 1.54) is 11.8 Å². The van der Waals surface area contributed by atoms with Crippen LogP contribution in [0.1, 0.15) is 47.6 Å². The number of hydrazine groups is 1. The van der Waals surface area contributed by atoms with E-state index in [1.54, 1.807) is 12.1 Å². The first-order chi connectivity index (χ1) is 13.9. The Balaban J connectivity index is 1.87. The van der Waals surface area contributed by atoms with Crippen LogP contribution in [0.2, 0.25) is 0 Å². The predicted molar refractivity (Wildman–Crippen MR) is 117 cm³/mol. The summed E-state index contributed by atoms with van der Waals surface area (Å²) in [5, 5.41) is 0.729. The van der Waals surface area contributed by atoms with Crippen LogP contribution in [0, 0.1) is 13.8 Å². The van der Waals surface area contributed by atoms with Crippen molar-refractivity contribution in [2.45, 2.75) is 45.7 Å². The fraction of sp³-hybridized carbons (Fsp3) is 0.429. The largest absolute Gasteiger partial charge is 0.372 e. The van der Waals surface area contributed by atoms with Crippen molar-refractivity contribution in [3.8, 4) is 0 Å². The maximum Gasteiger partial charge on any atom is 0.269 e. The average molecular weight is 416 g/mol. The number of hydrogen-bond acceptors (Lipinski definition) is 6. The lowest BCUT2D eigenvalue weighted by molar-refractivity contribution is -0.121. The van der Waals surface area contributed by atoms with Crippen molar-refractivity contribution in [1.29, 1.82) is 0 Å². The number of aryl methyl sites for hydroxylation is 2. The Hall–Kier alpha value is -2.61. The molecule has 1 aromatic heterocycles. The minimum Gasteiger partial charge on any atom is -0.372 e. The smallest absolute Gasteiger partial charge is 0.269 e. The maximum atomic E-state index is 12.3. The molecule has 156 valence electrons. The second-order valence-electron chi connectivity index (χ2n) is 6.58. The summed E-state index contributed by atoms with van der Waals surface area (Å²) in [6.07, 6.45) is 2.69. The van der Waals surface area contributed by atoms with Gasteiger partial charge in [0.25, 0.3) is 5.91 Å². The first-order valence-electron chi connectivity index (χ1n) is 9.71. The zero-order valence-corrected chi connectivity index (χ0v) is 18.5. The molecule has 0 fully saturated rings. The quantitative estimate of drug-likeness (QED) is 0.391. The van der Waals surface area contributed by atoms with Crippen LogP contribution in [0.25, 0.3) is 0 Å². The molecular weight excluding hydrogens is 386 g/mol. The van der Waals surface area contributed by atoms with E-state index < -0.39 is 0 Å². The molecule has 2 N–H and O–H groups in total. The predicted octanol–water partition coefficient (Wildman–Crippen LogP) is 3.06. The van der Waals surface area contributed by atoms with Crippen LogP contribution in [0.3, 0.4) is 0 Å². The number of amides is 2. The summed E-state index contributed by atoms with van der Waals surface area (Å²) in [5.41, 5.74) is 9.24. The molecule has 0 aliphatic heterocycles. The van der Waals surface area contributed by atoms with Gasteiger partial charge in [0.05, 0.1) is 0 Å². The molecule has 7 nitrogen and oxygen atoms in total. The minimum absolute atomic E-state index is 0.241. The standard InChI is InChI=1S/C21H29N5O2S/c1-6-26(7-2)17-10-8-16(9-11-17)20(28)25-24-19(27)13-12-18-14(3)22-21(29-5)23-15(18)4/h8-11H,6-7,12-13H2,1-5H3,(H,24,27)(H,25,28). The summed E-state index contributed by atoms with van der Waals surface area (Å²) in [6, 6.07) is 7.33. The van der Waals surface area contributed by atoms with Crippen LogP contribution >= 0.6 is 11.8 Å². The fourth-order valence-electron chi connectivity index (χ4n) is 3.07. The molecule has 0 saturated carbocycles. The molecule has 0 radical (unpaired) electrons. The van der Waals surface area contributed by atoms with Crippen LogP contribution in [0.15, 0.2) is 29.4 Å². The highest BCUT2D eigenvalue weighted by molar-refractivity contribution is 7.98. The average Bonchev–Trinajstić information content (AvgIpc) is 2.72. The molecule has 2 amide bonds. The third-order valence-corrected chi connectivity index (χ3v) is 5.31. The maximum absolute atomic E-state index is 12.3. The van der Waals surface area contributed by atoms with E-state index in [0.717, 1.165) is 40.9 Å². The minimum atomic E-state index is -0.343. The van der Waals surface area contributed by atoms with E-state index in [0.29, 0.717) is 12.0 Å². The van der Waals surface area contributed by atoms with Gasteiger partial charge in [-0.25, -0.2) is 9.97 Å². The van der Waals surface area contributed by atoms with Crippen molar-refractivity contribution < 1.29 is 9.59 Å². The van der Waals surface area contributed by atoms with Gasteiger partial charge in [0.15, 0.2) is 5.16 Å². The Morgan fingerprint density at radius 1 is 1.00 bits per heavy atom. The molecule has 0 atom stereocenters. The SMILES string of the molecule is CCN(CC)c1ccc(C(=O)NNC(=O)CCc2c(C)nc(SC)nc2C)cc1. The molecule has 0 saturated heterocycles. The van der Waals surface area contributed by atoms with Crippen LogP contribution in [0.5, 0.6) is 0 Å². The Morgan fingerprint density at radius 3 is 2.10 bits per heavy atom. The van der Waals surface area contributed by atoms with Gasteiger partial charge >= 0.3 is 0 Å². The number of carbonyl (C=O) groups is 2. The number of hydrogen-bond donors (Lipinski definition) is 2. The van der Waals surface area contributed by atoms with E-state index >= 15 is 0 Å². The fourth-order valence-corrected chi connectivity index (χ4v) is 3.53. The lowest BCUT2D eigenvalue weighted by Crippen LogP contribution is -2.41. The normalized spacial score (nSPS) is 10.5. The first kappa shape index (κ1) is 22.7. The topological polar surface area (TPSA) is 87.2 Å². The molecule has 8 heteroatoms. The van der Waals surface area contributed by atoms with Crippen molar-refractivity contribution in [2.75, 3.05) is 24.2 Å². The summed E-state index contributed by atoms with van der Waals surface area (Å²) >= 11 is 1.49. The molecule has 29 heavy (non-hydrogen) atoms. The number of nitrogens with zero attached hydrogens (tertiary/aromatic N) is 3. The Morgan fingerprint density at radius 2 is 1.59 bits per heavy atom. The molecule has 0 aliphatic carbocycles. The molecule has 2 aromatic rings. The Kier molecular flexibility index (Phi) is 8.45. The van der Waals surface area contributed by atoms with Gasteiger partial charge in [0, 0.05) is 42.1 Å². The van der Waals surface area contributed by atoms with Gasteiger partial charge in [-0.15, -0.1) is 0 Å². The number of anilines is 1. The third-order valence-electron chi connectivity index (χ3n) is 4.76. The van der Waals surface area contributed by atoms with Crippen molar-refractivity contribution in [3.63, 3.8) is 0 Å². The number of thioether (sulfide) groups is 1. The first-order valence-corrected chi connectivity index (χ1v) is 10.9. The molecule has 0 unspecified atom stereocenters. The molecule has 2 rings (SSSR count). The lowest BCUT2D eigenvalue weighted by Gasteiger charge is -2.21. The third kappa shape index (κ3) is 6.19. The van der Waals surface area contributed by atoms with Gasteiger partial charge in [0.2, 0.25) is 5.91 Å². The van der Waals surface area contributed by atoms with Gasteiger partial charge < -0.3 is 4.90 Å². The number of rotatable bonds is 8. The van der Waals surface area contributed by atoms with Gasteiger partial charge in [-0.05, 0) is 70.2 Å². The van der Waals surface area contributed by atoms with Gasteiger partial charge in [-0.2, -0.15) is 0 Å². The van der Waals surface area contributed by atoms with Crippen molar-refractivity contribution in [3.05, 3.63) is 46.8 Å². The van der Waals surface area contributed by atoms with Crippen LogP contribution < -0.4 is 15.8 Å². The van der Waals surface area contributed by atoms with E-state index in [-0.39, 0.29) is 18.2 Å². The van der Waals surface area contributed by atoms with E-state index in [2.05, 4.69) is 39.6 Å². The lowest BCUT2D eigenvalue weighted by atomic mass is 10.1. The number of benzene rings is 1. The van der Waals surface area contributed by atoms with E-state index in [4.69, 9.17) is 0 Å². The summed E-state index contributed by atoms with van der Waals surface area (Å²) in [5.74, 6) is -0.602.